The van der Waals surface area contributed by atoms with Crippen molar-refractivity contribution in [3.63, 3.8) is 0 Å². The van der Waals surface area contributed by atoms with Gasteiger partial charge in [0.05, 0.1) is 25.2 Å². The number of aliphatic hydroxyl groups is 6. The van der Waals surface area contributed by atoms with Crippen LogP contribution in [-0.4, -0.2) is 225 Å². The Morgan fingerprint density at radius 3 is 1.41 bits per heavy atom. The number of carbonyl (C=O) groups is 2. The third kappa shape index (κ3) is 24.9. The number of guanidine groups is 6. The van der Waals surface area contributed by atoms with Gasteiger partial charge in [-0.3, -0.25) is 14.8 Å². The highest BCUT2D eigenvalue weighted by Gasteiger charge is 2.56. The summed E-state index contributed by atoms with van der Waals surface area (Å²) in [5.74, 6) is -5.80. The quantitative estimate of drug-likeness (QED) is 0.0169. The zero-order valence-corrected chi connectivity index (χ0v) is 48.3. The lowest BCUT2D eigenvalue weighted by Crippen LogP contribution is -2.64. The van der Waals surface area contributed by atoms with Crippen LogP contribution in [0.25, 0.3) is 0 Å². The SMILES string of the molecule is CCCCCCCCCCCCCCCCCC(=O)NC[C@H]1OC(O[C@@H]2[C@@H](O)[C@H](N=C(N)N)C[C@H](N=C(N)N)[C@H]2O[C@H]2O[C@H](CN=C(N)N)[C@@H](O)[C@H](O)[C@H]2N=C(N)N)[C@H](O)[C@@H]1O[C@@H]1[C@H](N=C(N)N)[C@H](O)[C@@H](CN=C(N)N)O[C@@H]1O.O=C(O)C(F)(F)F. The van der Waals surface area contributed by atoms with Crippen molar-refractivity contribution in [1.82, 2.24) is 5.32 Å². The average Bonchev–Trinajstić information content (AvgIpc) is 1.42. The van der Waals surface area contributed by atoms with Crippen LogP contribution >= 0.6 is 0 Å². The molecule has 4 aliphatic rings. The Morgan fingerprint density at radius 1 is 0.488 bits per heavy atom. The molecule has 4 rings (SSSR count). The lowest BCUT2D eigenvalue weighted by atomic mass is 9.83. The van der Waals surface area contributed by atoms with E-state index in [0.29, 0.717) is 6.42 Å². The topological polar surface area (TPSA) is 630 Å². The van der Waals surface area contributed by atoms with Crippen molar-refractivity contribution in [3.05, 3.63) is 0 Å². The fourth-order valence-electron chi connectivity index (χ4n) is 10.1. The fraction of sp³-hybridized carbons (Fsp3) is 0.837. The molecule has 3 heterocycles. The Labute approximate surface area is 495 Å². The number of nitrogens with zero attached hydrogens (tertiary/aromatic N) is 6. The van der Waals surface area contributed by atoms with Crippen LogP contribution in [0, 0.1) is 0 Å². The number of rotatable bonds is 32. The molecule has 1 saturated carbocycles. The normalized spacial score (nSPS) is 31.6. The van der Waals surface area contributed by atoms with E-state index in [4.69, 9.17) is 107 Å². The number of aliphatic carboxylic acids is 1. The van der Waals surface area contributed by atoms with Gasteiger partial charge in [-0.15, -0.1) is 0 Å². The lowest BCUT2D eigenvalue weighted by Gasteiger charge is -2.47. The Kier molecular flexibility index (Phi) is 31.8. The predicted molar refractivity (Wildman–Crippen MR) is 307 cm³/mol. The van der Waals surface area contributed by atoms with Crippen LogP contribution in [0.4, 0.5) is 13.2 Å². The van der Waals surface area contributed by atoms with E-state index in [9.17, 15) is 48.6 Å². The summed E-state index contributed by atoms with van der Waals surface area (Å²) in [4.78, 5) is 46.7. The fourth-order valence-corrected chi connectivity index (χ4v) is 10.1. The zero-order valence-electron chi connectivity index (χ0n) is 48.3. The number of hydrogen-bond acceptors (Lipinski definition) is 20. The number of unbranched alkanes of at least 4 members (excludes halogenated alkanes) is 14. The van der Waals surface area contributed by atoms with E-state index < -0.39 is 152 Å². The number of amides is 1. The number of nitrogens with one attached hydrogen (secondary N) is 1. The Morgan fingerprint density at radius 2 is 0.930 bits per heavy atom. The minimum atomic E-state index is -5.08. The van der Waals surface area contributed by atoms with E-state index in [2.05, 4.69) is 42.2 Å². The number of aliphatic imine (C=N–C) groups is 6. The van der Waals surface area contributed by atoms with Crippen molar-refractivity contribution in [3.8, 4) is 0 Å². The largest absolute Gasteiger partial charge is 0.490 e. The van der Waals surface area contributed by atoms with Gasteiger partial charge in [0.15, 0.2) is 54.6 Å². The van der Waals surface area contributed by atoms with E-state index in [1.54, 1.807) is 0 Å². The molecule has 0 radical (unpaired) electrons. The number of hydrogen-bond donors (Lipinski definition) is 20. The number of nitrogens with two attached hydrogens (primary N) is 12. The van der Waals surface area contributed by atoms with Crippen molar-refractivity contribution in [2.75, 3.05) is 19.6 Å². The van der Waals surface area contributed by atoms with Gasteiger partial charge in [-0.2, -0.15) is 13.2 Å². The van der Waals surface area contributed by atoms with Crippen molar-refractivity contribution < 1.29 is 86.9 Å². The van der Waals surface area contributed by atoms with Crippen molar-refractivity contribution in [2.24, 2.45) is 98.8 Å². The van der Waals surface area contributed by atoms with E-state index in [1.165, 1.54) is 64.2 Å². The Bertz CT molecular complexity index is 2220. The van der Waals surface area contributed by atoms with Gasteiger partial charge in [-0.1, -0.05) is 96.8 Å². The molecule has 0 aromatic carbocycles. The summed E-state index contributed by atoms with van der Waals surface area (Å²) >= 11 is 0. The minimum Gasteiger partial charge on any atom is -0.475 e. The molecule has 34 nitrogen and oxygen atoms in total. The number of ether oxygens (including phenoxy) is 6. The van der Waals surface area contributed by atoms with E-state index >= 15 is 0 Å². The van der Waals surface area contributed by atoms with E-state index in [-0.39, 0.29) is 50.3 Å². The van der Waals surface area contributed by atoms with Crippen LogP contribution in [0.2, 0.25) is 0 Å². The molecule has 0 spiro atoms. The van der Waals surface area contributed by atoms with Gasteiger partial charge in [-0.25, -0.2) is 24.8 Å². The molecule has 496 valence electrons. The van der Waals surface area contributed by atoms with Gasteiger partial charge in [-0.05, 0) is 12.8 Å². The highest BCUT2D eigenvalue weighted by Crippen LogP contribution is 2.38. The summed E-state index contributed by atoms with van der Waals surface area (Å²) in [7, 11) is 0. The van der Waals surface area contributed by atoms with Crippen molar-refractivity contribution in [2.45, 2.75) is 239 Å². The van der Waals surface area contributed by atoms with Crippen LogP contribution < -0.4 is 74.1 Å². The number of aliphatic hydroxyl groups excluding tert-OH is 6. The maximum absolute atomic E-state index is 13.4. The number of carboxylic acid groups (broad SMARTS) is 1. The van der Waals surface area contributed by atoms with Gasteiger partial charge in [0, 0.05) is 13.0 Å². The van der Waals surface area contributed by atoms with Gasteiger partial charge in [0.1, 0.15) is 85.3 Å². The molecule has 1 amide bonds. The third-order valence-electron chi connectivity index (χ3n) is 14.3. The summed E-state index contributed by atoms with van der Waals surface area (Å²) in [6.45, 7) is 1.19. The summed E-state index contributed by atoms with van der Waals surface area (Å²) in [5, 5.41) is 79.6. The smallest absolute Gasteiger partial charge is 0.475 e. The molecule has 1 aliphatic carbocycles. The van der Waals surface area contributed by atoms with Gasteiger partial charge < -0.3 is 138 Å². The number of halogens is 3. The molecule has 32 N–H and O–H groups in total. The van der Waals surface area contributed by atoms with Crippen LogP contribution in [0.3, 0.4) is 0 Å². The van der Waals surface area contributed by atoms with Gasteiger partial charge in [0.2, 0.25) is 5.91 Å². The van der Waals surface area contributed by atoms with Crippen LogP contribution in [-0.2, 0) is 38.0 Å². The second-order valence-electron chi connectivity index (χ2n) is 21.3. The predicted octanol–water partition coefficient (Wildman–Crippen LogP) is -5.99. The number of carbonyl (C=O) groups excluding carboxylic acids is 1. The molecule has 37 heteroatoms. The summed E-state index contributed by atoms with van der Waals surface area (Å²) in [5.41, 5.74) is 68.6. The molecule has 19 atom stereocenters. The first-order valence-electron chi connectivity index (χ1n) is 28.5. The molecule has 1 unspecified atom stereocenters. The highest BCUT2D eigenvalue weighted by atomic mass is 19.4. The first-order valence-corrected chi connectivity index (χ1v) is 28.5. The molecule has 0 bridgehead atoms. The summed E-state index contributed by atoms with van der Waals surface area (Å²) in [6, 6.07) is -5.50. The third-order valence-corrected chi connectivity index (χ3v) is 14.3. The Balaban J connectivity index is 0.00000259. The average molecular weight is 1250 g/mol. The summed E-state index contributed by atoms with van der Waals surface area (Å²) in [6.07, 6.45) is -12.4. The van der Waals surface area contributed by atoms with Gasteiger partial charge in [0.25, 0.3) is 0 Å². The molecule has 3 aliphatic heterocycles. The minimum absolute atomic E-state index is 0.165. The van der Waals surface area contributed by atoms with Crippen LogP contribution in [0.15, 0.2) is 30.0 Å². The highest BCUT2D eigenvalue weighted by molar-refractivity contribution is 5.78. The van der Waals surface area contributed by atoms with Crippen LogP contribution in [0.5, 0.6) is 0 Å². The zero-order chi connectivity index (χ0) is 64.4. The lowest BCUT2D eigenvalue weighted by molar-refractivity contribution is -0.306. The van der Waals surface area contributed by atoms with E-state index in [0.717, 1.165) is 25.7 Å². The molecular formula is C49H94F3N19O15. The maximum Gasteiger partial charge on any atom is 0.490 e. The second-order valence-corrected chi connectivity index (χ2v) is 21.3. The first kappa shape index (κ1) is 74.1. The van der Waals surface area contributed by atoms with Crippen molar-refractivity contribution >= 4 is 47.6 Å². The number of alkyl halides is 3. The van der Waals surface area contributed by atoms with E-state index in [1.807, 2.05) is 0 Å². The van der Waals surface area contributed by atoms with Crippen molar-refractivity contribution in [1.29, 1.82) is 0 Å². The maximum atomic E-state index is 13.4. The molecular weight excluding hydrogens is 1150 g/mol. The Hall–Kier alpha value is -6.13. The summed E-state index contributed by atoms with van der Waals surface area (Å²) < 4.78 is 69.1. The molecule has 3 saturated heterocycles. The molecule has 4 fully saturated rings. The van der Waals surface area contributed by atoms with Gasteiger partial charge >= 0.3 is 12.1 Å². The molecule has 0 aromatic rings. The first-order chi connectivity index (χ1) is 40.5. The second kappa shape index (κ2) is 36.9. The van der Waals surface area contributed by atoms with Crippen LogP contribution in [0.1, 0.15) is 116 Å². The standard InChI is InChI=1S/C47H93N19O13.C2HF3O2/c1-2-3-4-5-6-7-8-9-10-11-12-13-14-15-16-17-27(67)60-21-26-36(77-37-28(65-46(56)57)31(69)24(74-39(37)73)19-61-42(48)49)34(72)41(76-26)79-38-30(68)22(63-44(52)53)18-23(64-45(54)55)35(38)78-40-29(66-47(58)59)33(71)32(70)25(75-40)20-62-43(50)51;3-2(4,5)1(6)7/h22-26,28-41,68-73H,2-21H2,1H3,(H,60,67)(H4,48,49,61)(H4,50,51,62)(H4,52,53,63)(H4,54,55,64)(H4,56,57,65)(H4,58,59,66);(H,6,7)/t22-,23+,24-,25-,26-,28-,29-,30+,31-,32-,33-,34-,35-,36-,37-,38-,39+,40-,41?;/m1./s1. The molecule has 86 heavy (non-hydrogen) atoms. The monoisotopic (exact) mass is 1250 g/mol. The number of carboxylic acids is 1. The molecule has 0 aromatic heterocycles.